The number of hydrogen-bond donors (Lipinski definition) is 0. The third-order valence-electron chi connectivity index (χ3n) is 2.62. The lowest BCUT2D eigenvalue weighted by molar-refractivity contribution is 0.0528. The summed E-state index contributed by atoms with van der Waals surface area (Å²) in [6.07, 6.45) is 1.86. The molecular formula is C13H15NO2. The molecule has 0 aliphatic rings. The van der Waals surface area contributed by atoms with Gasteiger partial charge in [0.25, 0.3) is 0 Å². The van der Waals surface area contributed by atoms with Crippen molar-refractivity contribution < 1.29 is 9.53 Å². The van der Waals surface area contributed by atoms with Crippen molar-refractivity contribution in [3.05, 3.63) is 36.0 Å². The molecule has 3 nitrogen and oxygen atoms in total. The number of rotatable bonds is 3. The van der Waals surface area contributed by atoms with Gasteiger partial charge < -0.3 is 9.30 Å². The standard InChI is InChI=1S/C13H15NO2/c1-3-14-9-11(13(15)16-4-2)10-7-5-6-8-12(10)14/h5-9H,3-4H2,1-2H3. The van der Waals surface area contributed by atoms with Gasteiger partial charge in [0.15, 0.2) is 0 Å². The molecule has 0 atom stereocenters. The lowest BCUT2D eigenvalue weighted by atomic mass is 10.2. The van der Waals surface area contributed by atoms with Gasteiger partial charge in [-0.1, -0.05) is 18.2 Å². The third kappa shape index (κ3) is 1.69. The van der Waals surface area contributed by atoms with Gasteiger partial charge in [0.2, 0.25) is 0 Å². The van der Waals surface area contributed by atoms with E-state index < -0.39 is 0 Å². The molecule has 0 unspecified atom stereocenters. The average Bonchev–Trinajstić information content (AvgIpc) is 2.68. The van der Waals surface area contributed by atoms with Crippen molar-refractivity contribution in [2.75, 3.05) is 6.61 Å². The number of carbonyl (C=O) groups excluding carboxylic acids is 1. The largest absolute Gasteiger partial charge is 0.462 e. The van der Waals surface area contributed by atoms with Gasteiger partial charge in [-0.05, 0) is 19.9 Å². The minimum Gasteiger partial charge on any atom is -0.462 e. The van der Waals surface area contributed by atoms with E-state index in [2.05, 4.69) is 11.5 Å². The van der Waals surface area contributed by atoms with Crippen molar-refractivity contribution in [2.45, 2.75) is 20.4 Å². The molecule has 0 bridgehead atoms. The zero-order valence-corrected chi connectivity index (χ0v) is 9.56. The first-order valence-corrected chi connectivity index (χ1v) is 5.53. The molecule has 0 saturated heterocycles. The fourth-order valence-electron chi connectivity index (χ4n) is 1.88. The molecule has 1 aromatic carbocycles. The second-order valence-electron chi connectivity index (χ2n) is 3.57. The minimum absolute atomic E-state index is 0.245. The maximum absolute atomic E-state index is 11.8. The Morgan fingerprint density at radius 3 is 2.75 bits per heavy atom. The summed E-state index contributed by atoms with van der Waals surface area (Å²) in [6, 6.07) is 7.88. The highest BCUT2D eigenvalue weighted by atomic mass is 16.5. The van der Waals surface area contributed by atoms with Crippen LogP contribution in [0.1, 0.15) is 24.2 Å². The molecule has 84 valence electrons. The Bertz CT molecular complexity index is 514. The van der Waals surface area contributed by atoms with Gasteiger partial charge in [-0.2, -0.15) is 0 Å². The van der Waals surface area contributed by atoms with E-state index in [1.807, 2.05) is 37.4 Å². The fraction of sp³-hybridized carbons (Fsp3) is 0.308. The SMILES string of the molecule is CCOC(=O)c1cn(CC)c2ccccc12. The number of benzene rings is 1. The summed E-state index contributed by atoms with van der Waals surface area (Å²) in [7, 11) is 0. The van der Waals surface area contributed by atoms with Crippen LogP contribution in [0.25, 0.3) is 10.9 Å². The maximum Gasteiger partial charge on any atom is 0.340 e. The number of esters is 1. The Balaban J connectivity index is 2.57. The zero-order chi connectivity index (χ0) is 11.5. The van der Waals surface area contributed by atoms with Crippen LogP contribution in [0.15, 0.2) is 30.5 Å². The summed E-state index contributed by atoms with van der Waals surface area (Å²) >= 11 is 0. The summed E-state index contributed by atoms with van der Waals surface area (Å²) in [5, 5.41) is 0.961. The Labute approximate surface area is 94.6 Å². The first kappa shape index (κ1) is 10.7. The molecule has 0 saturated carbocycles. The highest BCUT2D eigenvalue weighted by Crippen LogP contribution is 2.21. The molecule has 2 aromatic rings. The molecule has 0 aliphatic heterocycles. The van der Waals surface area contributed by atoms with E-state index in [4.69, 9.17) is 4.74 Å². The van der Waals surface area contributed by atoms with Crippen molar-refractivity contribution >= 4 is 16.9 Å². The van der Waals surface area contributed by atoms with Gasteiger partial charge in [0.05, 0.1) is 12.2 Å². The molecule has 0 amide bonds. The normalized spacial score (nSPS) is 10.6. The van der Waals surface area contributed by atoms with Crippen LogP contribution in [-0.4, -0.2) is 17.1 Å². The van der Waals surface area contributed by atoms with E-state index in [1.165, 1.54) is 0 Å². The van der Waals surface area contributed by atoms with Crippen LogP contribution in [0.2, 0.25) is 0 Å². The Kier molecular flexibility index (Phi) is 2.95. The summed E-state index contributed by atoms with van der Waals surface area (Å²) in [5.41, 5.74) is 1.73. The van der Waals surface area contributed by atoms with Crippen molar-refractivity contribution in [3.63, 3.8) is 0 Å². The molecule has 1 heterocycles. The maximum atomic E-state index is 11.8. The summed E-state index contributed by atoms with van der Waals surface area (Å²) < 4.78 is 7.10. The van der Waals surface area contributed by atoms with Crippen LogP contribution in [0.3, 0.4) is 0 Å². The zero-order valence-electron chi connectivity index (χ0n) is 9.56. The van der Waals surface area contributed by atoms with Crippen molar-refractivity contribution in [3.8, 4) is 0 Å². The predicted octanol–water partition coefficient (Wildman–Crippen LogP) is 2.84. The number of hydrogen-bond acceptors (Lipinski definition) is 2. The van der Waals surface area contributed by atoms with E-state index in [1.54, 1.807) is 0 Å². The van der Waals surface area contributed by atoms with E-state index >= 15 is 0 Å². The van der Waals surface area contributed by atoms with Crippen LogP contribution in [0.4, 0.5) is 0 Å². The van der Waals surface area contributed by atoms with Crippen molar-refractivity contribution in [1.29, 1.82) is 0 Å². The Hall–Kier alpha value is -1.77. The fourth-order valence-corrected chi connectivity index (χ4v) is 1.88. The second kappa shape index (κ2) is 4.39. The van der Waals surface area contributed by atoms with Gasteiger partial charge in [-0.15, -0.1) is 0 Å². The summed E-state index contributed by atoms with van der Waals surface area (Å²) in [5.74, 6) is -0.245. The number of carbonyl (C=O) groups is 1. The van der Waals surface area contributed by atoms with Gasteiger partial charge in [-0.25, -0.2) is 4.79 Å². The van der Waals surface area contributed by atoms with Gasteiger partial charge in [0.1, 0.15) is 0 Å². The number of fused-ring (bicyclic) bond motifs is 1. The lowest BCUT2D eigenvalue weighted by Gasteiger charge is -1.98. The van der Waals surface area contributed by atoms with Crippen LogP contribution in [0.5, 0.6) is 0 Å². The molecule has 0 N–H and O–H groups in total. The molecule has 3 heteroatoms. The van der Waals surface area contributed by atoms with Gasteiger partial charge in [0, 0.05) is 23.6 Å². The minimum atomic E-state index is -0.245. The molecule has 0 aliphatic carbocycles. The Morgan fingerprint density at radius 1 is 1.31 bits per heavy atom. The molecule has 0 radical (unpaired) electrons. The van der Waals surface area contributed by atoms with E-state index in [-0.39, 0.29) is 5.97 Å². The number of aryl methyl sites for hydroxylation is 1. The molecule has 2 rings (SSSR count). The molecule has 16 heavy (non-hydrogen) atoms. The first-order chi connectivity index (χ1) is 7.77. The van der Waals surface area contributed by atoms with Crippen LogP contribution in [0, 0.1) is 0 Å². The van der Waals surface area contributed by atoms with E-state index in [0.29, 0.717) is 12.2 Å². The first-order valence-electron chi connectivity index (χ1n) is 5.53. The molecular weight excluding hydrogens is 202 g/mol. The number of nitrogens with zero attached hydrogens (tertiary/aromatic N) is 1. The highest BCUT2D eigenvalue weighted by Gasteiger charge is 2.14. The quantitative estimate of drug-likeness (QED) is 0.740. The van der Waals surface area contributed by atoms with Crippen LogP contribution in [-0.2, 0) is 11.3 Å². The van der Waals surface area contributed by atoms with Crippen LogP contribution < -0.4 is 0 Å². The van der Waals surface area contributed by atoms with Crippen LogP contribution >= 0.6 is 0 Å². The topological polar surface area (TPSA) is 31.2 Å². The lowest BCUT2D eigenvalue weighted by Crippen LogP contribution is -2.03. The molecule has 0 fully saturated rings. The summed E-state index contributed by atoms with van der Waals surface area (Å²) in [4.78, 5) is 11.8. The van der Waals surface area contributed by atoms with E-state index in [9.17, 15) is 4.79 Å². The van der Waals surface area contributed by atoms with E-state index in [0.717, 1.165) is 17.4 Å². The van der Waals surface area contributed by atoms with Gasteiger partial charge >= 0.3 is 5.97 Å². The molecule has 1 aromatic heterocycles. The average molecular weight is 217 g/mol. The van der Waals surface area contributed by atoms with Crippen molar-refractivity contribution in [1.82, 2.24) is 4.57 Å². The highest BCUT2D eigenvalue weighted by molar-refractivity contribution is 6.04. The number of ether oxygens (including phenoxy) is 1. The Morgan fingerprint density at radius 2 is 2.06 bits per heavy atom. The van der Waals surface area contributed by atoms with Crippen molar-refractivity contribution in [2.24, 2.45) is 0 Å². The second-order valence-corrected chi connectivity index (χ2v) is 3.57. The molecule has 0 spiro atoms. The monoisotopic (exact) mass is 217 g/mol. The third-order valence-corrected chi connectivity index (χ3v) is 2.62. The number of aromatic nitrogens is 1. The number of para-hydroxylation sites is 1. The summed E-state index contributed by atoms with van der Waals surface area (Å²) in [6.45, 7) is 5.13. The predicted molar refractivity (Wildman–Crippen MR) is 63.6 cm³/mol. The van der Waals surface area contributed by atoms with Gasteiger partial charge in [-0.3, -0.25) is 0 Å². The smallest absolute Gasteiger partial charge is 0.340 e.